The van der Waals surface area contributed by atoms with Crippen molar-refractivity contribution in [1.82, 2.24) is 0 Å². The van der Waals surface area contributed by atoms with E-state index in [9.17, 15) is 4.39 Å². The van der Waals surface area contributed by atoms with Crippen LogP contribution in [0, 0.1) is 35.0 Å². The molecule has 2 aliphatic carbocycles. The Morgan fingerprint density at radius 1 is 0.952 bits per heavy atom. The Hall–Kier alpha value is -1.10. The number of allylic oxidation sites excluding steroid dienone is 4. The van der Waals surface area contributed by atoms with Crippen molar-refractivity contribution in [2.75, 3.05) is 0 Å². The van der Waals surface area contributed by atoms with E-state index in [-0.39, 0.29) is 5.92 Å². The lowest BCUT2D eigenvalue weighted by Gasteiger charge is -2.27. The molecule has 0 N–H and O–H groups in total. The number of nitrogens with zero attached hydrogens (tertiary/aromatic N) is 1. The van der Waals surface area contributed by atoms with Gasteiger partial charge in [-0.1, -0.05) is 25.5 Å². The maximum atomic E-state index is 13.0. The quantitative estimate of drug-likeness (QED) is 0.464. The number of nitriles is 1. The molecule has 0 unspecified atom stereocenters. The van der Waals surface area contributed by atoms with Crippen LogP contribution in [0.4, 0.5) is 4.39 Å². The maximum Gasteiger partial charge on any atom is 0.196 e. The van der Waals surface area contributed by atoms with Crippen LogP contribution in [0.2, 0.25) is 0 Å². The van der Waals surface area contributed by atoms with Crippen LogP contribution in [0.3, 0.4) is 0 Å². The zero-order valence-electron chi connectivity index (χ0n) is 13.2. The molecule has 2 saturated carbocycles. The first kappa shape index (κ1) is 16.3. The van der Waals surface area contributed by atoms with E-state index >= 15 is 0 Å². The molecule has 1 nitrogen and oxygen atoms in total. The molecule has 0 amide bonds. The largest absolute Gasteiger partial charge is 0.196 e. The summed E-state index contributed by atoms with van der Waals surface area (Å²) in [6.07, 6.45) is 17.6. The van der Waals surface area contributed by atoms with Gasteiger partial charge in [0.15, 0.2) is 5.83 Å². The Morgan fingerprint density at radius 3 is 1.90 bits per heavy atom. The van der Waals surface area contributed by atoms with Crippen LogP contribution in [-0.2, 0) is 0 Å². The van der Waals surface area contributed by atoms with Gasteiger partial charge in [-0.05, 0) is 81.1 Å². The lowest BCUT2D eigenvalue weighted by molar-refractivity contribution is 0.301. The topological polar surface area (TPSA) is 23.8 Å². The summed E-state index contributed by atoms with van der Waals surface area (Å²) in [4.78, 5) is 0. The molecule has 0 atom stereocenters. The normalized spacial score (nSPS) is 34.8. The highest BCUT2D eigenvalue weighted by Crippen LogP contribution is 2.34. The maximum absolute atomic E-state index is 13.0. The Labute approximate surface area is 128 Å². The van der Waals surface area contributed by atoms with Gasteiger partial charge < -0.3 is 0 Å². The van der Waals surface area contributed by atoms with Gasteiger partial charge in [0.05, 0.1) is 0 Å². The minimum absolute atomic E-state index is 0.272. The Bertz CT molecular complexity index is 402. The minimum Gasteiger partial charge on any atom is -0.195 e. The van der Waals surface area contributed by atoms with Gasteiger partial charge in [0.25, 0.3) is 0 Å². The molecular formula is C19H28FN. The number of rotatable bonds is 4. The van der Waals surface area contributed by atoms with E-state index < -0.39 is 5.83 Å². The third kappa shape index (κ3) is 5.30. The van der Waals surface area contributed by atoms with E-state index in [1.807, 2.05) is 0 Å². The van der Waals surface area contributed by atoms with Crippen molar-refractivity contribution in [3.63, 3.8) is 0 Å². The van der Waals surface area contributed by atoms with Crippen molar-refractivity contribution in [2.45, 2.75) is 64.7 Å². The fourth-order valence-electron chi connectivity index (χ4n) is 3.85. The summed E-state index contributed by atoms with van der Waals surface area (Å²) in [5.41, 5.74) is 0. The van der Waals surface area contributed by atoms with Crippen LogP contribution in [0.5, 0.6) is 0 Å². The number of hydrogen-bond donors (Lipinski definition) is 0. The molecular weight excluding hydrogens is 261 g/mol. The van der Waals surface area contributed by atoms with Gasteiger partial charge >= 0.3 is 0 Å². The second-order valence-electron chi connectivity index (χ2n) is 6.88. The van der Waals surface area contributed by atoms with Gasteiger partial charge in [-0.2, -0.15) is 9.65 Å². The summed E-state index contributed by atoms with van der Waals surface area (Å²) in [6.45, 7) is 2.31. The monoisotopic (exact) mass is 289 g/mol. The average molecular weight is 289 g/mol. The predicted octanol–water partition coefficient (Wildman–Crippen LogP) is 5.94. The smallest absolute Gasteiger partial charge is 0.195 e. The van der Waals surface area contributed by atoms with Gasteiger partial charge in [0.1, 0.15) is 6.07 Å². The van der Waals surface area contributed by atoms with Crippen LogP contribution in [0.25, 0.3) is 0 Å². The van der Waals surface area contributed by atoms with Crippen molar-refractivity contribution in [3.05, 3.63) is 24.1 Å². The van der Waals surface area contributed by atoms with Gasteiger partial charge in [-0.25, -0.2) is 0 Å². The Balaban J connectivity index is 1.71. The zero-order chi connectivity index (χ0) is 15.1. The van der Waals surface area contributed by atoms with Crippen molar-refractivity contribution in [2.24, 2.45) is 23.7 Å². The van der Waals surface area contributed by atoms with E-state index in [1.165, 1.54) is 38.2 Å². The van der Waals surface area contributed by atoms with E-state index in [0.29, 0.717) is 5.92 Å². The third-order valence-electron chi connectivity index (χ3n) is 5.43. The van der Waals surface area contributed by atoms with Gasteiger partial charge in [-0.3, -0.25) is 0 Å². The van der Waals surface area contributed by atoms with Gasteiger partial charge in [0.2, 0.25) is 0 Å². The molecule has 0 aromatic heterocycles. The molecule has 21 heavy (non-hydrogen) atoms. The molecule has 0 heterocycles. The highest BCUT2D eigenvalue weighted by atomic mass is 19.1. The van der Waals surface area contributed by atoms with Gasteiger partial charge in [-0.15, -0.1) is 0 Å². The molecule has 2 heteroatoms. The highest BCUT2D eigenvalue weighted by Gasteiger charge is 2.21. The predicted molar refractivity (Wildman–Crippen MR) is 85.1 cm³/mol. The highest BCUT2D eigenvalue weighted by molar-refractivity contribution is 5.13. The lowest BCUT2D eigenvalue weighted by Crippen LogP contribution is -2.14. The van der Waals surface area contributed by atoms with Crippen molar-refractivity contribution >= 4 is 0 Å². The van der Waals surface area contributed by atoms with Crippen LogP contribution >= 0.6 is 0 Å². The molecule has 2 aliphatic rings. The molecule has 0 radical (unpaired) electrons. The average Bonchev–Trinajstić information content (AvgIpc) is 2.54. The molecule has 0 bridgehead atoms. The van der Waals surface area contributed by atoms with E-state index in [1.54, 1.807) is 6.07 Å². The SMILES string of the molecule is CCC1CCC(/C=C/C2CCC(/C=C(/F)C#N)CC2)CC1. The summed E-state index contributed by atoms with van der Waals surface area (Å²) >= 11 is 0. The van der Waals surface area contributed by atoms with E-state index in [2.05, 4.69) is 19.1 Å². The molecule has 0 aliphatic heterocycles. The molecule has 2 rings (SSSR count). The zero-order valence-corrected chi connectivity index (χ0v) is 13.2. The Kier molecular flexibility index (Phi) is 6.49. The first-order valence-electron chi connectivity index (χ1n) is 8.67. The number of hydrogen-bond acceptors (Lipinski definition) is 1. The molecule has 0 spiro atoms. The second-order valence-corrected chi connectivity index (χ2v) is 6.88. The first-order valence-corrected chi connectivity index (χ1v) is 8.67. The summed E-state index contributed by atoms with van der Waals surface area (Å²) in [5, 5.41) is 8.48. The molecule has 116 valence electrons. The van der Waals surface area contributed by atoms with Gasteiger partial charge in [0, 0.05) is 0 Å². The molecule has 0 aromatic rings. The van der Waals surface area contributed by atoms with Crippen LogP contribution < -0.4 is 0 Å². The van der Waals surface area contributed by atoms with E-state index in [0.717, 1.165) is 37.5 Å². The van der Waals surface area contributed by atoms with Crippen molar-refractivity contribution in [3.8, 4) is 6.07 Å². The summed E-state index contributed by atoms with van der Waals surface area (Å²) in [5.74, 6) is 2.09. The van der Waals surface area contributed by atoms with Crippen molar-refractivity contribution in [1.29, 1.82) is 5.26 Å². The fourth-order valence-corrected chi connectivity index (χ4v) is 3.85. The fraction of sp³-hybridized carbons (Fsp3) is 0.737. The number of halogens is 1. The Morgan fingerprint density at radius 2 is 1.43 bits per heavy atom. The van der Waals surface area contributed by atoms with Crippen molar-refractivity contribution < 1.29 is 4.39 Å². The van der Waals surface area contributed by atoms with Crippen LogP contribution in [0.15, 0.2) is 24.1 Å². The third-order valence-corrected chi connectivity index (χ3v) is 5.43. The molecule has 2 fully saturated rings. The lowest BCUT2D eigenvalue weighted by atomic mass is 9.78. The molecule has 0 saturated heterocycles. The first-order chi connectivity index (χ1) is 10.2. The second kappa shape index (κ2) is 8.37. The standard InChI is InChI=1S/C19H28FN/c1-2-15-3-5-16(6-4-15)7-8-17-9-11-18(12-10-17)13-19(20)14-21/h7-8,13,15-18H,2-6,9-12H2,1H3/b8-7+,19-13+. The van der Waals surface area contributed by atoms with Crippen LogP contribution in [0.1, 0.15) is 64.7 Å². The summed E-state index contributed by atoms with van der Waals surface area (Å²) in [7, 11) is 0. The summed E-state index contributed by atoms with van der Waals surface area (Å²) < 4.78 is 13.0. The van der Waals surface area contributed by atoms with E-state index in [4.69, 9.17) is 5.26 Å². The summed E-state index contributed by atoms with van der Waals surface area (Å²) in [6, 6.07) is 1.58. The van der Waals surface area contributed by atoms with Crippen LogP contribution in [-0.4, -0.2) is 0 Å². The minimum atomic E-state index is -0.610. The molecule has 0 aromatic carbocycles.